The molecule has 0 aromatic heterocycles. The third-order valence-corrected chi connectivity index (χ3v) is 4.98. The minimum Gasteiger partial charge on any atom is -0.497 e. The second-order valence-corrected chi connectivity index (χ2v) is 7.12. The molecular formula is C21H36IN5O3. The van der Waals surface area contributed by atoms with Gasteiger partial charge in [0.1, 0.15) is 5.75 Å². The van der Waals surface area contributed by atoms with Crippen molar-refractivity contribution in [1.29, 1.82) is 0 Å². The Hall–Kier alpha value is -1.75. The third-order valence-electron chi connectivity index (χ3n) is 4.98. The van der Waals surface area contributed by atoms with Gasteiger partial charge in [0.25, 0.3) is 0 Å². The number of hydrogen-bond acceptors (Lipinski definition) is 5. The first kappa shape index (κ1) is 26.3. The molecule has 9 heteroatoms. The SMILES string of the molecule is CCNC(=NCC(c1ccc(OC)cc1)N(C)C)N1CCN(C(=O)OCC)CC1.I. The van der Waals surface area contributed by atoms with E-state index in [1.165, 1.54) is 5.56 Å². The van der Waals surface area contributed by atoms with Crippen molar-refractivity contribution in [3.05, 3.63) is 29.8 Å². The van der Waals surface area contributed by atoms with E-state index in [4.69, 9.17) is 14.5 Å². The second-order valence-electron chi connectivity index (χ2n) is 7.12. The van der Waals surface area contributed by atoms with E-state index in [0.717, 1.165) is 31.3 Å². The molecule has 0 bridgehead atoms. The Balaban J connectivity index is 0.00000450. The van der Waals surface area contributed by atoms with Crippen molar-refractivity contribution in [1.82, 2.24) is 20.0 Å². The number of aliphatic imine (C=N–C) groups is 1. The van der Waals surface area contributed by atoms with Crippen molar-refractivity contribution in [2.45, 2.75) is 19.9 Å². The Morgan fingerprint density at radius 3 is 2.23 bits per heavy atom. The third kappa shape index (κ3) is 7.50. The average Bonchev–Trinajstić information content (AvgIpc) is 2.73. The maximum atomic E-state index is 11.9. The number of guanidine groups is 1. The van der Waals surface area contributed by atoms with E-state index in [-0.39, 0.29) is 36.1 Å². The van der Waals surface area contributed by atoms with Crippen LogP contribution in [0.1, 0.15) is 25.5 Å². The number of amides is 1. The van der Waals surface area contributed by atoms with Crippen LogP contribution in [0.4, 0.5) is 4.79 Å². The van der Waals surface area contributed by atoms with Gasteiger partial charge in [-0.05, 0) is 45.6 Å². The highest BCUT2D eigenvalue weighted by molar-refractivity contribution is 14.0. The Morgan fingerprint density at radius 1 is 1.13 bits per heavy atom. The Morgan fingerprint density at radius 2 is 1.73 bits per heavy atom. The number of hydrogen-bond donors (Lipinski definition) is 1. The summed E-state index contributed by atoms with van der Waals surface area (Å²) in [5.41, 5.74) is 1.20. The van der Waals surface area contributed by atoms with Gasteiger partial charge in [0.15, 0.2) is 5.96 Å². The molecular weight excluding hydrogens is 497 g/mol. The summed E-state index contributed by atoms with van der Waals surface area (Å²) in [7, 11) is 5.80. The fraction of sp³-hybridized carbons (Fsp3) is 0.619. The lowest BCUT2D eigenvalue weighted by Crippen LogP contribution is -2.54. The molecule has 1 unspecified atom stereocenters. The number of likely N-dealkylation sites (N-methyl/N-ethyl adjacent to an activating group) is 1. The van der Waals surface area contributed by atoms with E-state index in [1.54, 1.807) is 12.0 Å². The summed E-state index contributed by atoms with van der Waals surface area (Å²) >= 11 is 0. The number of halogens is 1. The molecule has 1 aliphatic heterocycles. The minimum atomic E-state index is -0.235. The largest absolute Gasteiger partial charge is 0.497 e. The van der Waals surface area contributed by atoms with Crippen LogP contribution < -0.4 is 10.1 Å². The monoisotopic (exact) mass is 533 g/mol. The van der Waals surface area contributed by atoms with Gasteiger partial charge < -0.3 is 29.5 Å². The topological polar surface area (TPSA) is 69.6 Å². The fourth-order valence-corrected chi connectivity index (χ4v) is 3.31. The molecule has 1 aromatic rings. The molecule has 1 amide bonds. The molecule has 1 aromatic carbocycles. The quantitative estimate of drug-likeness (QED) is 0.330. The highest BCUT2D eigenvalue weighted by atomic mass is 127. The summed E-state index contributed by atoms with van der Waals surface area (Å²) in [4.78, 5) is 23.0. The zero-order chi connectivity index (χ0) is 21.2. The van der Waals surface area contributed by atoms with Crippen LogP contribution in [0, 0.1) is 0 Å². The van der Waals surface area contributed by atoms with Gasteiger partial charge in [-0.15, -0.1) is 24.0 Å². The molecule has 30 heavy (non-hydrogen) atoms. The number of piperazine rings is 1. The molecule has 1 N–H and O–H groups in total. The lowest BCUT2D eigenvalue weighted by atomic mass is 10.1. The van der Waals surface area contributed by atoms with Gasteiger partial charge in [0.05, 0.1) is 26.3 Å². The summed E-state index contributed by atoms with van der Waals surface area (Å²) < 4.78 is 10.4. The standard InChI is InChI=1S/C21H35N5O3.HI/c1-6-22-20(25-12-14-26(15-13-25)21(27)29-7-2)23-16-19(24(3)4)17-8-10-18(28-5)11-9-17;/h8-11,19H,6-7,12-16H2,1-5H3,(H,22,23);1H. The number of carbonyl (C=O) groups is 1. The van der Waals surface area contributed by atoms with Gasteiger partial charge in [-0.1, -0.05) is 12.1 Å². The molecule has 1 atom stereocenters. The van der Waals surface area contributed by atoms with Crippen LogP contribution in [0.15, 0.2) is 29.3 Å². The van der Waals surface area contributed by atoms with Gasteiger partial charge in [-0.2, -0.15) is 0 Å². The number of benzene rings is 1. The normalized spacial score (nSPS) is 15.5. The molecule has 0 radical (unpaired) electrons. The summed E-state index contributed by atoms with van der Waals surface area (Å²) in [5, 5.41) is 3.39. The molecule has 0 aliphatic carbocycles. The highest BCUT2D eigenvalue weighted by Gasteiger charge is 2.24. The zero-order valence-corrected chi connectivity index (χ0v) is 21.1. The molecule has 8 nitrogen and oxygen atoms in total. The fourth-order valence-electron chi connectivity index (χ4n) is 3.31. The van der Waals surface area contributed by atoms with Gasteiger partial charge in [0, 0.05) is 32.7 Å². The van der Waals surface area contributed by atoms with Crippen molar-refractivity contribution in [3.8, 4) is 5.75 Å². The van der Waals surface area contributed by atoms with E-state index in [1.807, 2.05) is 19.1 Å². The van der Waals surface area contributed by atoms with Crippen LogP contribution in [0.3, 0.4) is 0 Å². The number of methoxy groups -OCH3 is 1. The van der Waals surface area contributed by atoms with E-state index < -0.39 is 0 Å². The van der Waals surface area contributed by atoms with Gasteiger partial charge in [0.2, 0.25) is 0 Å². The molecule has 1 saturated heterocycles. The van der Waals surface area contributed by atoms with Crippen LogP contribution in [0.25, 0.3) is 0 Å². The summed E-state index contributed by atoms with van der Waals surface area (Å²) in [6.07, 6.45) is -0.235. The number of rotatable bonds is 7. The van der Waals surface area contributed by atoms with E-state index >= 15 is 0 Å². The molecule has 0 saturated carbocycles. The van der Waals surface area contributed by atoms with E-state index in [2.05, 4.69) is 48.3 Å². The highest BCUT2D eigenvalue weighted by Crippen LogP contribution is 2.21. The Labute approximate surface area is 197 Å². The van der Waals surface area contributed by atoms with Crippen LogP contribution in [0.5, 0.6) is 5.75 Å². The number of ether oxygens (including phenoxy) is 2. The zero-order valence-electron chi connectivity index (χ0n) is 18.8. The first-order valence-corrected chi connectivity index (χ1v) is 10.2. The molecule has 1 fully saturated rings. The molecule has 1 aliphatic rings. The Bertz CT molecular complexity index is 661. The maximum absolute atomic E-state index is 11.9. The predicted octanol–water partition coefficient (Wildman–Crippen LogP) is 2.66. The predicted molar refractivity (Wildman–Crippen MR) is 131 cm³/mol. The van der Waals surface area contributed by atoms with Gasteiger partial charge >= 0.3 is 6.09 Å². The van der Waals surface area contributed by atoms with Crippen LogP contribution in [0.2, 0.25) is 0 Å². The van der Waals surface area contributed by atoms with Crippen LogP contribution in [-0.2, 0) is 4.74 Å². The lowest BCUT2D eigenvalue weighted by Gasteiger charge is -2.36. The van der Waals surface area contributed by atoms with Gasteiger partial charge in [-0.25, -0.2) is 4.79 Å². The smallest absolute Gasteiger partial charge is 0.409 e. The molecule has 0 spiro atoms. The van der Waals surface area contributed by atoms with Crippen molar-refractivity contribution >= 4 is 36.0 Å². The minimum absolute atomic E-state index is 0. The van der Waals surface area contributed by atoms with E-state index in [9.17, 15) is 4.79 Å². The van der Waals surface area contributed by atoms with Crippen molar-refractivity contribution < 1.29 is 14.3 Å². The van der Waals surface area contributed by atoms with Crippen molar-refractivity contribution in [3.63, 3.8) is 0 Å². The number of carbonyl (C=O) groups excluding carboxylic acids is 1. The van der Waals surface area contributed by atoms with Crippen molar-refractivity contribution in [2.75, 3.05) is 67.1 Å². The maximum Gasteiger partial charge on any atom is 0.409 e. The lowest BCUT2D eigenvalue weighted by molar-refractivity contribution is 0.0914. The summed E-state index contributed by atoms with van der Waals surface area (Å²) in [5.74, 6) is 1.74. The van der Waals surface area contributed by atoms with E-state index in [0.29, 0.717) is 26.2 Å². The first-order valence-electron chi connectivity index (χ1n) is 10.2. The molecule has 1 heterocycles. The van der Waals surface area contributed by atoms with Crippen LogP contribution >= 0.6 is 24.0 Å². The summed E-state index contributed by atoms with van der Waals surface area (Å²) in [6, 6.07) is 8.30. The second kappa shape index (κ2) is 13.5. The van der Waals surface area contributed by atoms with Crippen molar-refractivity contribution in [2.24, 2.45) is 4.99 Å². The molecule has 2 rings (SSSR count). The van der Waals surface area contributed by atoms with Gasteiger partial charge in [-0.3, -0.25) is 4.99 Å². The first-order chi connectivity index (χ1) is 14.0. The average molecular weight is 533 g/mol. The number of nitrogens with zero attached hydrogens (tertiary/aromatic N) is 4. The van der Waals surface area contributed by atoms with Crippen LogP contribution in [-0.4, -0.2) is 93.8 Å². The summed E-state index contributed by atoms with van der Waals surface area (Å²) in [6.45, 7) is 8.48. The number of nitrogens with one attached hydrogen (secondary N) is 1. The Kier molecular flexibility index (Phi) is 11.9. The molecule has 170 valence electrons.